The SMILES string of the molecule is O=C1c2[c]cccc2C(=O)c2ccccc21. The van der Waals surface area contributed by atoms with Crippen molar-refractivity contribution < 1.29 is 9.59 Å². The number of benzene rings is 2. The zero-order valence-corrected chi connectivity index (χ0v) is 8.36. The van der Waals surface area contributed by atoms with E-state index in [1.165, 1.54) is 0 Å². The first-order valence-corrected chi connectivity index (χ1v) is 4.98. The lowest BCUT2D eigenvalue weighted by molar-refractivity contribution is 0.0979. The fourth-order valence-corrected chi connectivity index (χ4v) is 1.97. The number of carbonyl (C=O) groups excluding carboxylic acids is 2. The van der Waals surface area contributed by atoms with E-state index in [2.05, 4.69) is 6.07 Å². The van der Waals surface area contributed by atoms with Crippen molar-refractivity contribution in [3.8, 4) is 0 Å². The molecule has 0 N–H and O–H groups in total. The third-order valence-corrected chi connectivity index (χ3v) is 2.74. The van der Waals surface area contributed by atoms with E-state index >= 15 is 0 Å². The Morgan fingerprint density at radius 3 is 2.12 bits per heavy atom. The van der Waals surface area contributed by atoms with Gasteiger partial charge in [0.15, 0.2) is 11.6 Å². The van der Waals surface area contributed by atoms with E-state index in [-0.39, 0.29) is 11.6 Å². The van der Waals surface area contributed by atoms with E-state index in [1.807, 2.05) is 0 Å². The largest absolute Gasteiger partial charge is 0.289 e. The van der Waals surface area contributed by atoms with Gasteiger partial charge in [-0.25, -0.2) is 0 Å². The lowest BCUT2D eigenvalue weighted by Crippen LogP contribution is -2.20. The molecule has 0 spiro atoms. The van der Waals surface area contributed by atoms with Gasteiger partial charge in [-0.1, -0.05) is 42.5 Å². The Kier molecular flexibility index (Phi) is 1.77. The summed E-state index contributed by atoms with van der Waals surface area (Å²) in [5.41, 5.74) is 1.79. The van der Waals surface area contributed by atoms with Crippen molar-refractivity contribution >= 4 is 11.6 Å². The summed E-state index contributed by atoms with van der Waals surface area (Å²) >= 11 is 0. The molecule has 0 fully saturated rings. The number of carbonyl (C=O) groups is 2. The topological polar surface area (TPSA) is 34.1 Å². The third kappa shape index (κ3) is 1.07. The molecule has 1 aliphatic rings. The minimum Gasteiger partial charge on any atom is -0.289 e. The van der Waals surface area contributed by atoms with Gasteiger partial charge in [0.05, 0.1) is 0 Å². The standard InChI is InChI=1S/C14H7O2/c15-13-9-5-1-2-6-10(9)14(16)12-8-4-3-7-11(12)13/h1-7H. The molecular weight excluding hydrogens is 200 g/mol. The quantitative estimate of drug-likeness (QED) is 0.566. The molecule has 2 nitrogen and oxygen atoms in total. The van der Waals surface area contributed by atoms with Gasteiger partial charge in [-0.2, -0.15) is 0 Å². The summed E-state index contributed by atoms with van der Waals surface area (Å²) in [7, 11) is 0. The Balaban J connectivity index is 2.35. The van der Waals surface area contributed by atoms with Gasteiger partial charge in [-0.15, -0.1) is 0 Å². The summed E-state index contributed by atoms with van der Waals surface area (Å²) in [6, 6.07) is 14.8. The second-order valence-electron chi connectivity index (χ2n) is 3.66. The van der Waals surface area contributed by atoms with Crippen molar-refractivity contribution in [2.24, 2.45) is 0 Å². The average molecular weight is 207 g/mol. The van der Waals surface area contributed by atoms with Gasteiger partial charge in [0.1, 0.15) is 0 Å². The molecule has 0 atom stereocenters. The summed E-state index contributed by atoms with van der Waals surface area (Å²) in [6.07, 6.45) is 0. The molecule has 1 aliphatic carbocycles. The normalized spacial score (nSPS) is 13.2. The zero-order chi connectivity index (χ0) is 11.1. The van der Waals surface area contributed by atoms with Crippen LogP contribution in [0.2, 0.25) is 0 Å². The minimum absolute atomic E-state index is 0.0953. The number of hydrogen-bond donors (Lipinski definition) is 0. The number of fused-ring (bicyclic) bond motifs is 2. The first-order chi connectivity index (χ1) is 7.79. The van der Waals surface area contributed by atoms with Crippen LogP contribution in [0.15, 0.2) is 42.5 Å². The molecular formula is C14H7O2. The van der Waals surface area contributed by atoms with Crippen LogP contribution in [-0.4, -0.2) is 11.6 Å². The second kappa shape index (κ2) is 3.14. The highest BCUT2D eigenvalue weighted by atomic mass is 16.1. The number of hydrogen-bond acceptors (Lipinski definition) is 2. The molecule has 0 aromatic heterocycles. The van der Waals surface area contributed by atoms with Crippen molar-refractivity contribution in [1.82, 2.24) is 0 Å². The Bertz CT molecular complexity index is 506. The van der Waals surface area contributed by atoms with Gasteiger partial charge < -0.3 is 0 Å². The van der Waals surface area contributed by atoms with E-state index in [4.69, 9.17) is 0 Å². The Labute approximate surface area is 92.5 Å². The molecule has 2 heteroatoms. The molecule has 0 heterocycles. The first kappa shape index (κ1) is 9.04. The van der Waals surface area contributed by atoms with Crippen LogP contribution in [0.3, 0.4) is 0 Å². The molecule has 16 heavy (non-hydrogen) atoms. The predicted octanol–water partition coefficient (Wildman–Crippen LogP) is 2.26. The maximum atomic E-state index is 12.1. The predicted molar refractivity (Wildman–Crippen MR) is 58.6 cm³/mol. The van der Waals surface area contributed by atoms with Gasteiger partial charge in [0, 0.05) is 22.3 Å². The van der Waals surface area contributed by atoms with Crippen molar-refractivity contribution in [2.75, 3.05) is 0 Å². The third-order valence-electron chi connectivity index (χ3n) is 2.74. The maximum absolute atomic E-state index is 12.1. The number of rotatable bonds is 0. The molecule has 0 aliphatic heterocycles. The lowest BCUT2D eigenvalue weighted by Gasteiger charge is -2.16. The summed E-state index contributed by atoms with van der Waals surface area (Å²) in [4.78, 5) is 24.2. The fraction of sp³-hybridized carbons (Fsp3) is 0. The van der Waals surface area contributed by atoms with Crippen LogP contribution in [0.1, 0.15) is 31.8 Å². The molecule has 0 unspecified atom stereocenters. The van der Waals surface area contributed by atoms with Gasteiger partial charge in [-0.05, 0) is 6.07 Å². The van der Waals surface area contributed by atoms with E-state index in [0.717, 1.165) is 0 Å². The molecule has 0 saturated carbocycles. The monoisotopic (exact) mass is 207 g/mol. The molecule has 0 bridgehead atoms. The van der Waals surface area contributed by atoms with Crippen LogP contribution in [0.5, 0.6) is 0 Å². The van der Waals surface area contributed by atoms with Crippen LogP contribution in [0.25, 0.3) is 0 Å². The van der Waals surface area contributed by atoms with E-state index in [1.54, 1.807) is 42.5 Å². The van der Waals surface area contributed by atoms with Crippen LogP contribution < -0.4 is 0 Å². The molecule has 0 amide bonds. The van der Waals surface area contributed by atoms with E-state index < -0.39 is 0 Å². The molecule has 2 aromatic carbocycles. The van der Waals surface area contributed by atoms with Crippen LogP contribution in [0, 0.1) is 6.07 Å². The summed E-state index contributed by atoms with van der Waals surface area (Å²) in [5, 5.41) is 0. The Morgan fingerprint density at radius 1 is 0.750 bits per heavy atom. The van der Waals surface area contributed by atoms with Crippen molar-refractivity contribution in [3.63, 3.8) is 0 Å². The maximum Gasteiger partial charge on any atom is 0.195 e. The first-order valence-electron chi connectivity index (χ1n) is 4.98. The summed E-state index contributed by atoms with van der Waals surface area (Å²) in [6.45, 7) is 0. The summed E-state index contributed by atoms with van der Waals surface area (Å²) < 4.78 is 0. The lowest BCUT2D eigenvalue weighted by atomic mass is 9.84. The molecule has 3 rings (SSSR count). The fourth-order valence-electron chi connectivity index (χ4n) is 1.97. The van der Waals surface area contributed by atoms with Gasteiger partial charge in [0.25, 0.3) is 0 Å². The van der Waals surface area contributed by atoms with Crippen molar-refractivity contribution in [2.45, 2.75) is 0 Å². The highest BCUT2D eigenvalue weighted by Crippen LogP contribution is 2.26. The van der Waals surface area contributed by atoms with E-state index in [9.17, 15) is 9.59 Å². The van der Waals surface area contributed by atoms with E-state index in [0.29, 0.717) is 22.3 Å². The Hall–Kier alpha value is -2.22. The molecule has 0 saturated heterocycles. The van der Waals surface area contributed by atoms with Gasteiger partial charge in [-0.3, -0.25) is 9.59 Å². The van der Waals surface area contributed by atoms with Gasteiger partial charge >= 0.3 is 0 Å². The molecule has 75 valence electrons. The smallest absolute Gasteiger partial charge is 0.195 e. The zero-order valence-electron chi connectivity index (χ0n) is 8.36. The molecule has 1 radical (unpaired) electrons. The highest BCUT2D eigenvalue weighted by Gasteiger charge is 2.28. The minimum atomic E-state index is -0.120. The second-order valence-corrected chi connectivity index (χ2v) is 3.66. The van der Waals surface area contributed by atoms with Crippen LogP contribution in [0.4, 0.5) is 0 Å². The molecule has 2 aromatic rings. The average Bonchev–Trinajstić information content (AvgIpc) is 2.36. The van der Waals surface area contributed by atoms with Crippen molar-refractivity contribution in [3.05, 3.63) is 70.8 Å². The van der Waals surface area contributed by atoms with Crippen LogP contribution in [-0.2, 0) is 0 Å². The van der Waals surface area contributed by atoms with Crippen molar-refractivity contribution in [1.29, 1.82) is 0 Å². The Morgan fingerprint density at radius 2 is 1.38 bits per heavy atom. The summed E-state index contributed by atoms with van der Waals surface area (Å²) in [5.74, 6) is -0.215. The number of ketones is 2. The highest BCUT2D eigenvalue weighted by molar-refractivity contribution is 6.28. The van der Waals surface area contributed by atoms with Crippen LogP contribution >= 0.6 is 0 Å². The van der Waals surface area contributed by atoms with Gasteiger partial charge in [0.2, 0.25) is 0 Å².